The number of methoxy groups -OCH3 is 1. The lowest BCUT2D eigenvalue weighted by Gasteiger charge is -2.34. The third kappa shape index (κ3) is 7.56. The monoisotopic (exact) mass is 561 g/mol. The van der Waals surface area contributed by atoms with Gasteiger partial charge in [0.1, 0.15) is 31.5 Å². The van der Waals surface area contributed by atoms with Gasteiger partial charge in [0.15, 0.2) is 11.5 Å². The Morgan fingerprint density at radius 1 is 1.03 bits per heavy atom. The number of carbonyl (C=O) groups excluding carboxylic acids is 2. The van der Waals surface area contributed by atoms with E-state index in [0.29, 0.717) is 36.9 Å². The second-order valence-electron chi connectivity index (χ2n) is 9.35. The fraction of sp³-hybridized carbons (Fsp3) is 0.500. The topological polar surface area (TPSA) is 114 Å². The fourth-order valence-corrected chi connectivity index (χ4v) is 5.29. The Morgan fingerprint density at radius 3 is 2.38 bits per heavy atom. The molecule has 0 aromatic heterocycles. The van der Waals surface area contributed by atoms with E-state index in [2.05, 4.69) is 5.32 Å². The Hall–Kier alpha value is -3.47. The summed E-state index contributed by atoms with van der Waals surface area (Å²) in [5.41, 5.74) is 1.04. The van der Waals surface area contributed by atoms with Gasteiger partial charge in [0.2, 0.25) is 21.8 Å². The predicted octanol–water partition coefficient (Wildman–Crippen LogP) is 3.34. The number of hydrogen-bond donors (Lipinski definition) is 1. The number of fused-ring (bicyclic) bond motifs is 1. The van der Waals surface area contributed by atoms with Crippen molar-refractivity contribution in [2.45, 2.75) is 59.2 Å². The number of anilines is 1. The van der Waals surface area contributed by atoms with Gasteiger partial charge in [-0.1, -0.05) is 26.0 Å². The summed E-state index contributed by atoms with van der Waals surface area (Å²) in [5, 5.41) is 2.97. The maximum Gasteiger partial charge on any atom is 0.244 e. The van der Waals surface area contributed by atoms with E-state index in [-0.39, 0.29) is 29.9 Å². The molecular formula is C28H39N3O7S. The summed E-state index contributed by atoms with van der Waals surface area (Å²) in [4.78, 5) is 28.7. The smallest absolute Gasteiger partial charge is 0.244 e. The van der Waals surface area contributed by atoms with Crippen molar-refractivity contribution in [3.63, 3.8) is 0 Å². The molecule has 0 saturated heterocycles. The van der Waals surface area contributed by atoms with Gasteiger partial charge >= 0.3 is 0 Å². The zero-order chi connectivity index (χ0) is 28.6. The van der Waals surface area contributed by atoms with E-state index in [1.165, 1.54) is 11.8 Å². The molecule has 0 bridgehead atoms. The van der Waals surface area contributed by atoms with Crippen LogP contribution in [0, 0.1) is 0 Å². The van der Waals surface area contributed by atoms with Crippen LogP contribution in [-0.2, 0) is 26.2 Å². The first-order valence-electron chi connectivity index (χ1n) is 13.3. The third-order valence-electron chi connectivity index (χ3n) is 6.67. The molecular weight excluding hydrogens is 522 g/mol. The lowest BCUT2D eigenvalue weighted by atomic mass is 10.1. The minimum atomic E-state index is -3.86. The number of rotatable bonds is 13. The number of amides is 2. The standard InChI is InChI=1S/C28H39N3O7S/c1-6-20(4)29-28(33)24(7-2)30(18-21-10-9-11-23(16-21)36-5)27(32)19-31(39(34,35)8-3)22-12-13-25-26(17-22)38-15-14-37-25/h9-13,16-17,20,24H,6-8,14-15,18-19H2,1-5H3,(H,29,33)/t20-,24-/m1/s1. The van der Waals surface area contributed by atoms with Crippen LogP contribution in [0.3, 0.4) is 0 Å². The van der Waals surface area contributed by atoms with Gasteiger partial charge in [-0.05, 0) is 56.5 Å². The van der Waals surface area contributed by atoms with Crippen LogP contribution in [-0.4, -0.2) is 69.8 Å². The van der Waals surface area contributed by atoms with Gasteiger partial charge in [0.05, 0.1) is 18.6 Å². The summed E-state index contributed by atoms with van der Waals surface area (Å²) in [6.07, 6.45) is 1.08. The van der Waals surface area contributed by atoms with E-state index in [9.17, 15) is 18.0 Å². The maximum atomic E-state index is 13.9. The molecule has 2 atom stereocenters. The largest absolute Gasteiger partial charge is 0.497 e. The third-order valence-corrected chi connectivity index (χ3v) is 8.41. The average Bonchev–Trinajstić information content (AvgIpc) is 2.95. The van der Waals surface area contributed by atoms with Crippen LogP contribution in [0.5, 0.6) is 17.2 Å². The average molecular weight is 562 g/mol. The van der Waals surface area contributed by atoms with E-state index in [0.717, 1.165) is 16.3 Å². The molecule has 3 rings (SSSR count). The van der Waals surface area contributed by atoms with Crippen molar-refractivity contribution in [3.8, 4) is 17.2 Å². The van der Waals surface area contributed by atoms with Crippen molar-refractivity contribution in [3.05, 3.63) is 48.0 Å². The van der Waals surface area contributed by atoms with Gasteiger partial charge in [-0.15, -0.1) is 0 Å². The van der Waals surface area contributed by atoms with Crippen LogP contribution in [0.4, 0.5) is 5.69 Å². The number of benzene rings is 2. The molecule has 0 unspecified atom stereocenters. The van der Waals surface area contributed by atoms with Gasteiger partial charge in [0.25, 0.3) is 0 Å². The molecule has 1 N–H and O–H groups in total. The summed E-state index contributed by atoms with van der Waals surface area (Å²) in [7, 11) is -2.31. The second-order valence-corrected chi connectivity index (χ2v) is 11.5. The lowest BCUT2D eigenvalue weighted by molar-refractivity contribution is -0.140. The Labute approximate surface area is 231 Å². The zero-order valence-electron chi connectivity index (χ0n) is 23.3. The molecule has 0 spiro atoms. The highest BCUT2D eigenvalue weighted by molar-refractivity contribution is 7.92. The predicted molar refractivity (Wildman–Crippen MR) is 150 cm³/mol. The van der Waals surface area contributed by atoms with Crippen LogP contribution < -0.4 is 23.8 Å². The normalized spacial score (nSPS) is 14.2. The molecule has 0 saturated carbocycles. The molecule has 2 aromatic carbocycles. The van der Waals surface area contributed by atoms with Gasteiger partial charge in [-0.25, -0.2) is 8.42 Å². The number of nitrogens with one attached hydrogen (secondary N) is 1. The molecule has 1 aliphatic rings. The molecule has 2 aromatic rings. The van der Waals surface area contributed by atoms with Crippen molar-refractivity contribution in [2.24, 2.45) is 0 Å². The lowest BCUT2D eigenvalue weighted by Crippen LogP contribution is -2.53. The Morgan fingerprint density at radius 2 is 1.74 bits per heavy atom. The van der Waals surface area contributed by atoms with Gasteiger partial charge in [-0.2, -0.15) is 0 Å². The Balaban J connectivity index is 1.99. The van der Waals surface area contributed by atoms with Gasteiger partial charge in [-0.3, -0.25) is 13.9 Å². The summed E-state index contributed by atoms with van der Waals surface area (Å²) in [6.45, 7) is 7.58. The minimum Gasteiger partial charge on any atom is -0.497 e. The molecule has 214 valence electrons. The minimum absolute atomic E-state index is 0.0741. The summed E-state index contributed by atoms with van der Waals surface area (Å²) in [5.74, 6) is 0.537. The van der Waals surface area contributed by atoms with E-state index in [4.69, 9.17) is 14.2 Å². The molecule has 10 nitrogen and oxygen atoms in total. The number of nitrogens with zero attached hydrogens (tertiary/aromatic N) is 2. The van der Waals surface area contributed by atoms with Crippen LogP contribution in [0.15, 0.2) is 42.5 Å². The van der Waals surface area contributed by atoms with E-state index in [1.54, 1.807) is 43.5 Å². The molecule has 1 heterocycles. The van der Waals surface area contributed by atoms with Crippen molar-refractivity contribution in [2.75, 3.05) is 36.9 Å². The van der Waals surface area contributed by atoms with Crippen LogP contribution >= 0.6 is 0 Å². The van der Waals surface area contributed by atoms with E-state index in [1.807, 2.05) is 26.8 Å². The molecule has 0 fully saturated rings. The molecule has 39 heavy (non-hydrogen) atoms. The highest BCUT2D eigenvalue weighted by Gasteiger charge is 2.33. The molecule has 2 amide bonds. The second kappa shape index (κ2) is 13.5. The van der Waals surface area contributed by atoms with Crippen LogP contribution in [0.2, 0.25) is 0 Å². The van der Waals surface area contributed by atoms with Gasteiger partial charge < -0.3 is 24.4 Å². The van der Waals surface area contributed by atoms with Crippen molar-refractivity contribution in [1.82, 2.24) is 10.2 Å². The first kappa shape index (κ1) is 30.1. The summed E-state index contributed by atoms with van der Waals surface area (Å²) < 4.78 is 44.0. The fourth-order valence-electron chi connectivity index (χ4n) is 4.24. The van der Waals surface area contributed by atoms with Crippen molar-refractivity contribution >= 4 is 27.5 Å². The van der Waals surface area contributed by atoms with E-state index < -0.39 is 28.5 Å². The van der Waals surface area contributed by atoms with E-state index >= 15 is 0 Å². The number of sulfonamides is 1. The molecule has 1 aliphatic heterocycles. The maximum absolute atomic E-state index is 13.9. The summed E-state index contributed by atoms with van der Waals surface area (Å²) in [6, 6.07) is 11.1. The highest BCUT2D eigenvalue weighted by atomic mass is 32.2. The Kier molecular flexibility index (Phi) is 10.4. The van der Waals surface area contributed by atoms with Crippen LogP contribution in [0.25, 0.3) is 0 Å². The highest BCUT2D eigenvalue weighted by Crippen LogP contribution is 2.35. The van der Waals surface area contributed by atoms with Crippen molar-refractivity contribution < 1.29 is 32.2 Å². The molecule has 11 heteroatoms. The zero-order valence-corrected chi connectivity index (χ0v) is 24.1. The van der Waals surface area contributed by atoms with Crippen molar-refractivity contribution in [1.29, 1.82) is 0 Å². The first-order valence-corrected chi connectivity index (χ1v) is 14.9. The summed E-state index contributed by atoms with van der Waals surface area (Å²) >= 11 is 0. The Bertz CT molecular complexity index is 1250. The first-order chi connectivity index (χ1) is 18.6. The number of hydrogen-bond acceptors (Lipinski definition) is 7. The molecule has 0 radical (unpaired) electrons. The number of ether oxygens (including phenoxy) is 3. The quantitative estimate of drug-likeness (QED) is 0.399. The number of carbonyl (C=O) groups is 2. The van der Waals surface area contributed by atoms with Crippen LogP contribution in [0.1, 0.15) is 46.1 Å². The molecule has 0 aliphatic carbocycles. The SMILES string of the molecule is CC[C@@H](C)NC(=O)[C@@H](CC)N(Cc1cccc(OC)c1)C(=O)CN(c1ccc2c(c1)OCCO2)S(=O)(=O)CC. The van der Waals surface area contributed by atoms with Gasteiger partial charge in [0, 0.05) is 18.7 Å².